The smallest absolute Gasteiger partial charge is 0.228 e. The second kappa shape index (κ2) is 16.2. The molecular weight excluding hydrogens is 638 g/mol. The average molecular weight is 682 g/mol. The second-order valence-corrected chi connectivity index (χ2v) is 12.2. The van der Waals surface area contributed by atoms with Crippen LogP contribution in [0.5, 0.6) is 17.2 Å². The predicted octanol–water partition coefficient (Wildman–Crippen LogP) is 5.44. The van der Waals surface area contributed by atoms with E-state index in [0.29, 0.717) is 77.8 Å². The number of nitrogens with one attached hydrogen (secondary N) is 3. The molecule has 0 fully saturated rings. The molecule has 0 radical (unpaired) electrons. The number of benzene rings is 2. The normalized spacial score (nSPS) is 13.3. The van der Waals surface area contributed by atoms with Crippen molar-refractivity contribution < 1.29 is 28.6 Å². The van der Waals surface area contributed by atoms with Crippen LogP contribution in [0.25, 0.3) is 11.1 Å². The zero-order valence-electron chi connectivity index (χ0n) is 29.1. The highest BCUT2D eigenvalue weighted by molar-refractivity contribution is 6.07. The van der Waals surface area contributed by atoms with Gasteiger partial charge in [0.1, 0.15) is 0 Å². The first kappa shape index (κ1) is 35.7. The average Bonchev–Trinajstić information content (AvgIpc) is 3.40. The van der Waals surface area contributed by atoms with Crippen molar-refractivity contribution >= 4 is 29.0 Å². The van der Waals surface area contributed by atoms with Gasteiger partial charge in [0.15, 0.2) is 17.3 Å². The van der Waals surface area contributed by atoms with E-state index in [-0.39, 0.29) is 29.1 Å². The Hall–Kier alpha value is -5.65. The largest absolute Gasteiger partial charge is 0.493 e. The number of rotatable bonds is 14. The molecule has 50 heavy (non-hydrogen) atoms. The molecule has 2 amide bonds. The highest BCUT2D eigenvalue weighted by atomic mass is 16.5. The van der Waals surface area contributed by atoms with Crippen LogP contribution in [0.15, 0.2) is 65.7 Å². The topological polar surface area (TPSA) is 150 Å². The molecule has 12 nitrogen and oxygen atoms in total. The molecule has 0 aliphatic heterocycles. The molecule has 0 unspecified atom stereocenters. The Balaban J connectivity index is 1.23. The standard InChI is InChI=1S/C38H43N5O7/c1-23(44)41-29-15-13-24-21-32(48-3)36(49-4)37(50-5)34(24)27-14-16-30(31(45)22-28(27)29)39-17-8-6-7-12-33(46)42-26-11-9-10-25(20-26)35(47)38-40-18-19-43(38)2/h9-11,14,16,18-22,29H,6-8,12-13,15,17H2,1-5H3,(H,39,45)(H,41,44)(H,42,46)/t29-/m0/s1. The number of ether oxygens (including phenoxy) is 3. The Morgan fingerprint density at radius 3 is 2.46 bits per heavy atom. The minimum Gasteiger partial charge on any atom is -0.493 e. The zero-order valence-corrected chi connectivity index (χ0v) is 29.1. The summed E-state index contributed by atoms with van der Waals surface area (Å²) in [7, 11) is 6.44. The molecular formula is C38H43N5O7. The third kappa shape index (κ3) is 7.96. The van der Waals surface area contributed by atoms with E-state index in [0.717, 1.165) is 29.5 Å². The molecule has 3 aromatic carbocycles. The number of imidazole rings is 1. The highest BCUT2D eigenvalue weighted by Gasteiger charge is 2.29. The molecule has 12 heteroatoms. The van der Waals surface area contributed by atoms with Crippen LogP contribution in [0.2, 0.25) is 0 Å². The summed E-state index contributed by atoms with van der Waals surface area (Å²) in [6.45, 7) is 2.00. The minimum atomic E-state index is -0.389. The van der Waals surface area contributed by atoms with E-state index < -0.39 is 0 Å². The Morgan fingerprint density at radius 2 is 1.76 bits per heavy atom. The summed E-state index contributed by atoms with van der Waals surface area (Å²) in [4.78, 5) is 55.3. The van der Waals surface area contributed by atoms with Gasteiger partial charge in [-0.1, -0.05) is 24.6 Å². The molecule has 1 aliphatic rings. The van der Waals surface area contributed by atoms with Gasteiger partial charge >= 0.3 is 0 Å². The minimum absolute atomic E-state index is 0.142. The first-order chi connectivity index (χ1) is 24.1. The van der Waals surface area contributed by atoms with Crippen molar-refractivity contribution in [2.24, 2.45) is 7.05 Å². The number of nitrogens with zero attached hydrogens (tertiary/aromatic N) is 2. The van der Waals surface area contributed by atoms with Crippen molar-refractivity contribution in [1.82, 2.24) is 14.9 Å². The summed E-state index contributed by atoms with van der Waals surface area (Å²) in [6.07, 6.45) is 6.94. The van der Waals surface area contributed by atoms with Crippen LogP contribution >= 0.6 is 0 Å². The zero-order chi connectivity index (χ0) is 35.8. The Labute approximate surface area is 291 Å². The van der Waals surface area contributed by atoms with E-state index in [9.17, 15) is 19.2 Å². The highest BCUT2D eigenvalue weighted by Crippen LogP contribution is 2.50. The van der Waals surface area contributed by atoms with Gasteiger partial charge in [0.2, 0.25) is 28.8 Å². The molecule has 1 atom stereocenters. The van der Waals surface area contributed by atoms with Gasteiger partial charge in [0.05, 0.1) is 33.1 Å². The maximum Gasteiger partial charge on any atom is 0.228 e. The molecule has 0 spiro atoms. The van der Waals surface area contributed by atoms with Crippen molar-refractivity contribution in [2.75, 3.05) is 38.5 Å². The molecule has 5 rings (SSSR count). The molecule has 1 heterocycles. The number of aromatic nitrogens is 2. The fraction of sp³-hybridized carbons (Fsp3) is 0.342. The molecule has 1 aromatic heterocycles. The predicted molar refractivity (Wildman–Crippen MR) is 191 cm³/mol. The van der Waals surface area contributed by atoms with E-state index in [4.69, 9.17) is 14.2 Å². The lowest BCUT2D eigenvalue weighted by atomic mass is 9.95. The van der Waals surface area contributed by atoms with Crippen molar-refractivity contribution in [3.05, 3.63) is 93.7 Å². The van der Waals surface area contributed by atoms with Crippen LogP contribution in [0, 0.1) is 0 Å². The van der Waals surface area contributed by atoms with Crippen molar-refractivity contribution in [1.29, 1.82) is 0 Å². The van der Waals surface area contributed by atoms with Gasteiger partial charge in [-0.15, -0.1) is 0 Å². The summed E-state index contributed by atoms with van der Waals surface area (Å²) < 4.78 is 18.8. The summed E-state index contributed by atoms with van der Waals surface area (Å²) in [5, 5.41) is 9.16. The van der Waals surface area contributed by atoms with Crippen molar-refractivity contribution in [3.8, 4) is 28.4 Å². The van der Waals surface area contributed by atoms with Crippen LogP contribution in [-0.2, 0) is 23.1 Å². The van der Waals surface area contributed by atoms with Crippen LogP contribution in [0.4, 0.5) is 11.4 Å². The van der Waals surface area contributed by atoms with Gasteiger partial charge in [-0.3, -0.25) is 19.2 Å². The van der Waals surface area contributed by atoms with Gasteiger partial charge in [0, 0.05) is 56.1 Å². The summed E-state index contributed by atoms with van der Waals surface area (Å²) in [5.41, 5.74) is 4.42. The molecule has 0 bridgehead atoms. The monoisotopic (exact) mass is 681 g/mol. The summed E-state index contributed by atoms with van der Waals surface area (Å²) in [5.74, 6) is 1.25. The van der Waals surface area contributed by atoms with Gasteiger partial charge < -0.3 is 34.7 Å². The number of ketones is 1. The third-order valence-corrected chi connectivity index (χ3v) is 8.74. The Morgan fingerprint density at radius 1 is 0.960 bits per heavy atom. The molecule has 0 saturated heterocycles. The fourth-order valence-corrected chi connectivity index (χ4v) is 6.34. The number of methoxy groups -OCH3 is 3. The fourth-order valence-electron chi connectivity index (χ4n) is 6.34. The number of unbranched alkanes of at least 4 members (excludes halogenated alkanes) is 2. The number of anilines is 2. The van der Waals surface area contributed by atoms with E-state index in [2.05, 4.69) is 20.9 Å². The quantitative estimate of drug-likeness (QED) is 0.117. The summed E-state index contributed by atoms with van der Waals surface area (Å²) in [6, 6.07) is 13.6. The molecule has 262 valence electrons. The van der Waals surface area contributed by atoms with Crippen LogP contribution in [0.3, 0.4) is 0 Å². The molecule has 4 aromatic rings. The number of aryl methyl sites for hydroxylation is 2. The van der Waals surface area contributed by atoms with Gasteiger partial charge in [-0.2, -0.15) is 0 Å². The molecule has 0 saturated carbocycles. The maximum atomic E-state index is 13.5. The number of carbonyl (C=O) groups is 3. The van der Waals surface area contributed by atoms with E-state index in [1.54, 1.807) is 81.7 Å². The third-order valence-electron chi connectivity index (χ3n) is 8.74. The van der Waals surface area contributed by atoms with E-state index >= 15 is 0 Å². The number of hydrogen-bond donors (Lipinski definition) is 3. The van der Waals surface area contributed by atoms with Crippen molar-refractivity contribution in [3.63, 3.8) is 0 Å². The lowest BCUT2D eigenvalue weighted by Crippen LogP contribution is -2.26. The number of amides is 2. The number of fused-ring (bicyclic) bond motifs is 3. The lowest BCUT2D eigenvalue weighted by Gasteiger charge is -2.19. The second-order valence-electron chi connectivity index (χ2n) is 12.2. The SMILES string of the molecule is COc1cc2c(c(OC)c1OC)-c1ccc(NCCCCCC(=O)Nc3cccc(C(=O)c4nccn4C)c3)c(=O)cc1[C@@H](NC(C)=O)CC2. The lowest BCUT2D eigenvalue weighted by molar-refractivity contribution is -0.119. The number of hydrogen-bond acceptors (Lipinski definition) is 9. The Bertz CT molecular complexity index is 1950. The molecule has 3 N–H and O–H groups in total. The first-order valence-electron chi connectivity index (χ1n) is 16.6. The van der Waals surface area contributed by atoms with E-state index in [1.165, 1.54) is 6.92 Å². The summed E-state index contributed by atoms with van der Waals surface area (Å²) >= 11 is 0. The Kier molecular flexibility index (Phi) is 11.5. The van der Waals surface area contributed by atoms with Crippen LogP contribution < -0.4 is 35.6 Å². The van der Waals surface area contributed by atoms with Gasteiger partial charge in [-0.25, -0.2) is 4.98 Å². The molecule has 1 aliphatic carbocycles. The van der Waals surface area contributed by atoms with Crippen LogP contribution in [0.1, 0.15) is 72.4 Å². The first-order valence-corrected chi connectivity index (χ1v) is 16.6. The maximum absolute atomic E-state index is 13.5. The van der Waals surface area contributed by atoms with Gasteiger partial charge in [0.25, 0.3) is 0 Å². The van der Waals surface area contributed by atoms with Crippen LogP contribution in [-0.4, -0.2) is 55.0 Å². The number of carbonyl (C=O) groups excluding carboxylic acids is 3. The van der Waals surface area contributed by atoms with Crippen molar-refractivity contribution in [2.45, 2.75) is 51.5 Å². The van der Waals surface area contributed by atoms with Gasteiger partial charge in [-0.05, 0) is 72.7 Å². The van der Waals surface area contributed by atoms with E-state index in [1.807, 2.05) is 12.1 Å².